The zero-order valence-electron chi connectivity index (χ0n) is 7.96. The van der Waals surface area contributed by atoms with Crippen LogP contribution in [0.15, 0.2) is 18.2 Å². The summed E-state index contributed by atoms with van der Waals surface area (Å²) in [6.45, 7) is 5.92. The average molecular weight is 184 g/mol. The normalized spacial score (nSPS) is 8.67. The van der Waals surface area contributed by atoms with Crippen molar-refractivity contribution in [3.05, 3.63) is 29.3 Å². The molecule has 0 bridgehead atoms. The number of aromatic hydroxyl groups is 1. The molecule has 0 saturated carbocycles. The minimum Gasteiger partial charge on any atom is -0.508 e. The Kier molecular flexibility index (Phi) is 5.74. The molecule has 0 amide bonds. The van der Waals surface area contributed by atoms with Gasteiger partial charge in [0.15, 0.2) is 0 Å². The molecular formula is C10H17OP. The molecule has 2 heteroatoms. The number of hydrogen-bond acceptors (Lipinski definition) is 1. The number of phenolic OH excluding ortho intramolecular Hbond substituents is 1. The Labute approximate surface area is 77.0 Å². The van der Waals surface area contributed by atoms with Crippen LogP contribution in [0.4, 0.5) is 0 Å². The molecule has 1 aromatic carbocycles. The van der Waals surface area contributed by atoms with Gasteiger partial charge in [-0.15, -0.1) is 9.24 Å². The number of rotatable bonds is 1. The van der Waals surface area contributed by atoms with Gasteiger partial charge < -0.3 is 5.11 Å². The molecule has 1 unspecified atom stereocenters. The van der Waals surface area contributed by atoms with Gasteiger partial charge in [0.2, 0.25) is 0 Å². The first-order valence-corrected chi connectivity index (χ1v) is 5.25. The van der Waals surface area contributed by atoms with Gasteiger partial charge in [0.05, 0.1) is 0 Å². The number of benzene rings is 1. The van der Waals surface area contributed by atoms with Gasteiger partial charge in [0, 0.05) is 0 Å². The standard InChI is InChI=1S/C9H12O.CH5P/c1-3-8-5-4-7(2)6-9(8)10;1-2/h4-6,10H,3H2,1-2H3;2H2,1H3. The van der Waals surface area contributed by atoms with E-state index in [0.29, 0.717) is 5.75 Å². The summed E-state index contributed by atoms with van der Waals surface area (Å²) in [7, 11) is 2.42. The second-order valence-electron chi connectivity index (χ2n) is 2.49. The zero-order chi connectivity index (χ0) is 9.56. The fourth-order valence-electron chi connectivity index (χ4n) is 0.973. The van der Waals surface area contributed by atoms with Gasteiger partial charge in [-0.05, 0) is 30.5 Å². The first kappa shape index (κ1) is 11.4. The molecule has 0 aliphatic carbocycles. The smallest absolute Gasteiger partial charge is 0.119 e. The first-order chi connectivity index (χ1) is 5.74. The summed E-state index contributed by atoms with van der Waals surface area (Å²) in [5, 5.41) is 9.29. The minimum absolute atomic E-state index is 0.419. The second-order valence-corrected chi connectivity index (χ2v) is 2.49. The van der Waals surface area contributed by atoms with Crippen molar-refractivity contribution in [2.75, 3.05) is 6.66 Å². The SMILES string of the molecule is CCc1ccc(C)cc1O.CP. The van der Waals surface area contributed by atoms with Crippen LogP contribution in [0, 0.1) is 6.92 Å². The van der Waals surface area contributed by atoms with Crippen LogP contribution in [0.5, 0.6) is 5.75 Å². The summed E-state index contributed by atoms with van der Waals surface area (Å²) in [6.07, 6.45) is 0.895. The van der Waals surface area contributed by atoms with Crippen molar-refractivity contribution in [3.63, 3.8) is 0 Å². The van der Waals surface area contributed by atoms with Crippen molar-refractivity contribution in [1.82, 2.24) is 0 Å². The van der Waals surface area contributed by atoms with Crippen LogP contribution in [0.25, 0.3) is 0 Å². The lowest BCUT2D eigenvalue weighted by Crippen LogP contribution is -1.81. The maximum atomic E-state index is 9.29. The Morgan fingerprint density at radius 3 is 2.33 bits per heavy atom. The van der Waals surface area contributed by atoms with E-state index in [1.54, 1.807) is 6.07 Å². The van der Waals surface area contributed by atoms with Crippen LogP contribution in [-0.2, 0) is 6.42 Å². The van der Waals surface area contributed by atoms with E-state index in [1.807, 2.05) is 32.6 Å². The van der Waals surface area contributed by atoms with E-state index in [-0.39, 0.29) is 0 Å². The van der Waals surface area contributed by atoms with Crippen molar-refractivity contribution < 1.29 is 5.11 Å². The zero-order valence-corrected chi connectivity index (χ0v) is 9.12. The van der Waals surface area contributed by atoms with Gasteiger partial charge in [-0.3, -0.25) is 0 Å². The monoisotopic (exact) mass is 184 g/mol. The molecule has 0 radical (unpaired) electrons. The summed E-state index contributed by atoms with van der Waals surface area (Å²) < 4.78 is 0. The highest BCUT2D eigenvalue weighted by Crippen LogP contribution is 2.18. The fraction of sp³-hybridized carbons (Fsp3) is 0.400. The molecule has 12 heavy (non-hydrogen) atoms. The molecule has 0 aliphatic heterocycles. The number of phenols is 1. The van der Waals surface area contributed by atoms with E-state index in [0.717, 1.165) is 17.5 Å². The van der Waals surface area contributed by atoms with Crippen molar-refractivity contribution in [3.8, 4) is 5.75 Å². The van der Waals surface area contributed by atoms with Crippen LogP contribution in [-0.4, -0.2) is 11.8 Å². The predicted molar refractivity (Wildman–Crippen MR) is 57.9 cm³/mol. The van der Waals surface area contributed by atoms with Gasteiger partial charge >= 0.3 is 0 Å². The number of hydrogen-bond donors (Lipinski definition) is 1. The average Bonchev–Trinajstić information content (AvgIpc) is 2.08. The Bertz CT molecular complexity index is 233. The minimum atomic E-state index is 0.419. The third kappa shape index (κ3) is 3.23. The lowest BCUT2D eigenvalue weighted by molar-refractivity contribution is 0.468. The summed E-state index contributed by atoms with van der Waals surface area (Å²) in [5.74, 6) is 0.419. The van der Waals surface area contributed by atoms with E-state index in [1.165, 1.54) is 0 Å². The highest BCUT2D eigenvalue weighted by molar-refractivity contribution is 7.15. The highest BCUT2D eigenvalue weighted by atomic mass is 31.0. The highest BCUT2D eigenvalue weighted by Gasteiger charge is 1.96. The van der Waals surface area contributed by atoms with E-state index < -0.39 is 0 Å². The summed E-state index contributed by atoms with van der Waals surface area (Å²) >= 11 is 0. The first-order valence-electron chi connectivity index (χ1n) is 4.10. The molecular weight excluding hydrogens is 167 g/mol. The maximum absolute atomic E-state index is 9.29. The molecule has 1 rings (SSSR count). The van der Waals surface area contributed by atoms with Crippen LogP contribution < -0.4 is 0 Å². The third-order valence-electron chi connectivity index (χ3n) is 1.62. The Morgan fingerprint density at radius 1 is 1.33 bits per heavy atom. The Hall–Kier alpha value is -0.550. The summed E-state index contributed by atoms with van der Waals surface area (Å²) in [4.78, 5) is 0. The third-order valence-corrected chi connectivity index (χ3v) is 1.62. The lowest BCUT2D eigenvalue weighted by Gasteiger charge is -2.00. The molecule has 0 spiro atoms. The molecule has 0 heterocycles. The van der Waals surface area contributed by atoms with Gasteiger partial charge in [-0.1, -0.05) is 25.7 Å². The van der Waals surface area contributed by atoms with Crippen LogP contribution in [0.1, 0.15) is 18.1 Å². The molecule has 1 N–H and O–H groups in total. The molecule has 0 fully saturated rings. The molecule has 1 nitrogen and oxygen atoms in total. The van der Waals surface area contributed by atoms with Crippen molar-refractivity contribution in [1.29, 1.82) is 0 Å². The van der Waals surface area contributed by atoms with Crippen LogP contribution in [0.3, 0.4) is 0 Å². The fourth-order valence-corrected chi connectivity index (χ4v) is 0.973. The quantitative estimate of drug-likeness (QED) is 0.665. The van der Waals surface area contributed by atoms with Gasteiger partial charge in [0.1, 0.15) is 5.75 Å². The van der Waals surface area contributed by atoms with Gasteiger partial charge in [0.25, 0.3) is 0 Å². The molecule has 1 aromatic rings. The number of aryl methyl sites for hydroxylation is 2. The summed E-state index contributed by atoms with van der Waals surface area (Å²) in [5.41, 5.74) is 2.13. The van der Waals surface area contributed by atoms with Gasteiger partial charge in [-0.2, -0.15) is 0 Å². The Balaban J connectivity index is 0.000000561. The van der Waals surface area contributed by atoms with Crippen LogP contribution >= 0.6 is 9.24 Å². The molecule has 0 saturated heterocycles. The van der Waals surface area contributed by atoms with E-state index in [2.05, 4.69) is 9.24 Å². The van der Waals surface area contributed by atoms with E-state index in [4.69, 9.17) is 0 Å². The molecule has 0 aliphatic rings. The van der Waals surface area contributed by atoms with Crippen molar-refractivity contribution in [2.24, 2.45) is 0 Å². The Morgan fingerprint density at radius 2 is 1.92 bits per heavy atom. The van der Waals surface area contributed by atoms with Crippen LogP contribution in [0.2, 0.25) is 0 Å². The molecule has 0 aromatic heterocycles. The van der Waals surface area contributed by atoms with Gasteiger partial charge in [-0.25, -0.2) is 0 Å². The predicted octanol–water partition coefficient (Wildman–Crippen LogP) is 2.75. The second kappa shape index (κ2) is 6.02. The van der Waals surface area contributed by atoms with Crippen molar-refractivity contribution >= 4 is 9.24 Å². The van der Waals surface area contributed by atoms with E-state index in [9.17, 15) is 5.11 Å². The summed E-state index contributed by atoms with van der Waals surface area (Å²) in [6, 6.07) is 5.77. The maximum Gasteiger partial charge on any atom is 0.119 e. The molecule has 1 atom stereocenters. The lowest BCUT2D eigenvalue weighted by atomic mass is 10.1. The van der Waals surface area contributed by atoms with Crippen molar-refractivity contribution in [2.45, 2.75) is 20.3 Å². The topological polar surface area (TPSA) is 20.2 Å². The van der Waals surface area contributed by atoms with E-state index >= 15 is 0 Å². The largest absolute Gasteiger partial charge is 0.508 e. The molecule has 68 valence electrons.